The van der Waals surface area contributed by atoms with Gasteiger partial charge in [0.2, 0.25) is 5.54 Å². The lowest BCUT2D eigenvalue weighted by molar-refractivity contribution is 0.112. The maximum atomic E-state index is 10.4. The molecule has 0 saturated carbocycles. The van der Waals surface area contributed by atoms with Crippen LogP contribution in [0.4, 0.5) is 5.69 Å². The summed E-state index contributed by atoms with van der Waals surface area (Å²) in [5.41, 5.74) is -0.0646. The average Bonchev–Trinajstić information content (AvgIpc) is 2.30. The highest BCUT2D eigenvalue weighted by Gasteiger charge is 2.22. The fourth-order valence-corrected chi connectivity index (χ4v) is 1.01. The number of hydrogen-bond acceptors (Lipinski definition) is 4. The first-order chi connectivity index (χ1) is 7.13. The van der Waals surface area contributed by atoms with Crippen molar-refractivity contribution in [3.63, 3.8) is 0 Å². The number of hydrogen-bond donors (Lipinski definition) is 1. The molecule has 0 saturated heterocycles. The largest absolute Gasteiger partial charge is 0.356 e. The van der Waals surface area contributed by atoms with Crippen LogP contribution in [-0.2, 0) is 0 Å². The third-order valence-corrected chi connectivity index (χ3v) is 1.89. The second-order valence-electron chi connectivity index (χ2n) is 3.21. The van der Waals surface area contributed by atoms with Gasteiger partial charge in [-0.15, -0.1) is 0 Å². The highest BCUT2D eigenvalue weighted by atomic mass is 16.1. The van der Waals surface area contributed by atoms with Gasteiger partial charge in [0.05, 0.1) is 0 Å². The number of rotatable bonds is 3. The number of anilines is 1. The Hall–Kier alpha value is -2.33. The fourth-order valence-electron chi connectivity index (χ4n) is 1.01. The predicted molar refractivity (Wildman–Crippen MR) is 55.1 cm³/mol. The minimum absolute atomic E-state index is 0.552. The number of carbonyl (C=O) groups is 1. The van der Waals surface area contributed by atoms with Crippen molar-refractivity contribution in [1.82, 2.24) is 0 Å². The SMILES string of the molecule is CC(C#N)(C#N)Nc1ccc(C=O)cc1. The van der Waals surface area contributed by atoms with Crippen molar-refractivity contribution in [2.75, 3.05) is 5.32 Å². The van der Waals surface area contributed by atoms with Crippen molar-refractivity contribution in [3.05, 3.63) is 29.8 Å². The van der Waals surface area contributed by atoms with Gasteiger partial charge in [0, 0.05) is 11.3 Å². The predicted octanol–water partition coefficient (Wildman–Crippen LogP) is 1.72. The van der Waals surface area contributed by atoms with E-state index in [2.05, 4.69) is 5.32 Å². The van der Waals surface area contributed by atoms with Crippen LogP contribution in [0.25, 0.3) is 0 Å². The molecule has 0 heterocycles. The minimum Gasteiger partial charge on any atom is -0.356 e. The Morgan fingerprint density at radius 2 is 1.80 bits per heavy atom. The molecule has 0 aliphatic carbocycles. The van der Waals surface area contributed by atoms with Crippen molar-refractivity contribution in [2.24, 2.45) is 0 Å². The lowest BCUT2D eigenvalue weighted by atomic mass is 10.1. The molecule has 0 bridgehead atoms. The van der Waals surface area contributed by atoms with Crippen LogP contribution in [-0.4, -0.2) is 11.8 Å². The van der Waals surface area contributed by atoms with Gasteiger partial charge in [0.15, 0.2) is 0 Å². The Balaban J connectivity index is 2.88. The molecular formula is C11H9N3O. The van der Waals surface area contributed by atoms with Crippen LogP contribution in [0.2, 0.25) is 0 Å². The van der Waals surface area contributed by atoms with E-state index in [4.69, 9.17) is 10.5 Å². The van der Waals surface area contributed by atoms with Gasteiger partial charge in [0.1, 0.15) is 18.4 Å². The van der Waals surface area contributed by atoms with Crippen LogP contribution >= 0.6 is 0 Å². The second-order valence-corrected chi connectivity index (χ2v) is 3.21. The van der Waals surface area contributed by atoms with Crippen LogP contribution in [0.5, 0.6) is 0 Å². The van der Waals surface area contributed by atoms with E-state index in [1.165, 1.54) is 6.92 Å². The van der Waals surface area contributed by atoms with Crippen molar-refractivity contribution in [2.45, 2.75) is 12.5 Å². The number of nitrogens with one attached hydrogen (secondary N) is 1. The lowest BCUT2D eigenvalue weighted by Gasteiger charge is -2.15. The molecule has 0 spiro atoms. The Morgan fingerprint density at radius 1 is 1.27 bits per heavy atom. The Labute approximate surface area is 87.8 Å². The summed E-state index contributed by atoms with van der Waals surface area (Å²) < 4.78 is 0. The molecule has 0 fully saturated rings. The standard InChI is InChI=1S/C11H9N3O/c1-11(7-12,8-13)14-10-4-2-9(6-15)3-5-10/h2-6,14H,1H3. The van der Waals surface area contributed by atoms with Crippen LogP contribution in [0, 0.1) is 22.7 Å². The van der Waals surface area contributed by atoms with Gasteiger partial charge in [-0.3, -0.25) is 4.79 Å². The van der Waals surface area contributed by atoms with E-state index in [1.54, 1.807) is 24.3 Å². The summed E-state index contributed by atoms with van der Waals surface area (Å²) in [6.45, 7) is 1.49. The summed E-state index contributed by atoms with van der Waals surface area (Å²) in [7, 11) is 0. The summed E-state index contributed by atoms with van der Waals surface area (Å²) in [6.07, 6.45) is 0.734. The van der Waals surface area contributed by atoms with Crippen molar-refractivity contribution in [3.8, 4) is 12.1 Å². The first kappa shape index (κ1) is 10.7. The average molecular weight is 199 g/mol. The normalized spacial score (nSPS) is 9.80. The maximum absolute atomic E-state index is 10.4. The van der Waals surface area contributed by atoms with Crippen LogP contribution in [0.3, 0.4) is 0 Å². The van der Waals surface area contributed by atoms with Gasteiger partial charge < -0.3 is 5.32 Å². The first-order valence-electron chi connectivity index (χ1n) is 4.29. The van der Waals surface area contributed by atoms with Gasteiger partial charge in [-0.2, -0.15) is 10.5 Å². The van der Waals surface area contributed by atoms with E-state index in [1.807, 2.05) is 12.1 Å². The molecule has 0 aliphatic heterocycles. The van der Waals surface area contributed by atoms with Gasteiger partial charge >= 0.3 is 0 Å². The molecule has 0 amide bonds. The number of aldehydes is 1. The summed E-state index contributed by atoms with van der Waals surface area (Å²) in [4.78, 5) is 10.4. The smallest absolute Gasteiger partial charge is 0.209 e. The molecule has 4 heteroatoms. The molecule has 1 rings (SSSR count). The van der Waals surface area contributed by atoms with Crippen LogP contribution < -0.4 is 5.32 Å². The molecule has 1 aromatic rings. The molecule has 0 atom stereocenters. The van der Waals surface area contributed by atoms with E-state index in [0.717, 1.165) is 6.29 Å². The minimum atomic E-state index is -1.25. The summed E-state index contributed by atoms with van der Waals surface area (Å²) in [6, 6.07) is 10.3. The van der Waals surface area contributed by atoms with Gasteiger partial charge in [-0.1, -0.05) is 0 Å². The van der Waals surface area contributed by atoms with Crippen molar-refractivity contribution < 1.29 is 4.79 Å². The zero-order valence-electron chi connectivity index (χ0n) is 8.19. The summed E-state index contributed by atoms with van der Waals surface area (Å²) >= 11 is 0. The second kappa shape index (κ2) is 4.26. The highest BCUT2D eigenvalue weighted by molar-refractivity contribution is 5.75. The number of nitriles is 2. The molecule has 4 nitrogen and oxygen atoms in total. The number of nitrogens with zero attached hydrogens (tertiary/aromatic N) is 2. The summed E-state index contributed by atoms with van der Waals surface area (Å²) in [5, 5.41) is 20.3. The molecule has 15 heavy (non-hydrogen) atoms. The Morgan fingerprint density at radius 3 is 2.20 bits per heavy atom. The summed E-state index contributed by atoms with van der Waals surface area (Å²) in [5.74, 6) is 0. The van der Waals surface area contributed by atoms with Crippen LogP contribution in [0.1, 0.15) is 17.3 Å². The Bertz CT molecular complexity index is 422. The van der Waals surface area contributed by atoms with Gasteiger partial charge in [-0.25, -0.2) is 0 Å². The Kier molecular flexibility index (Phi) is 3.05. The van der Waals surface area contributed by atoms with E-state index in [9.17, 15) is 4.79 Å². The van der Waals surface area contributed by atoms with Crippen molar-refractivity contribution >= 4 is 12.0 Å². The third kappa shape index (κ3) is 2.55. The quantitative estimate of drug-likeness (QED) is 0.752. The zero-order chi connectivity index (χ0) is 11.3. The van der Waals surface area contributed by atoms with Crippen LogP contribution in [0.15, 0.2) is 24.3 Å². The molecule has 74 valence electrons. The maximum Gasteiger partial charge on any atom is 0.209 e. The molecule has 1 aromatic carbocycles. The number of carbonyl (C=O) groups excluding carboxylic acids is 1. The first-order valence-corrected chi connectivity index (χ1v) is 4.29. The van der Waals surface area contributed by atoms with E-state index in [-0.39, 0.29) is 0 Å². The highest BCUT2D eigenvalue weighted by Crippen LogP contribution is 2.14. The lowest BCUT2D eigenvalue weighted by Crippen LogP contribution is -2.30. The topological polar surface area (TPSA) is 76.7 Å². The van der Waals surface area contributed by atoms with E-state index < -0.39 is 5.54 Å². The van der Waals surface area contributed by atoms with E-state index >= 15 is 0 Å². The van der Waals surface area contributed by atoms with E-state index in [0.29, 0.717) is 11.3 Å². The molecule has 0 radical (unpaired) electrons. The molecule has 0 aromatic heterocycles. The molecule has 1 N–H and O–H groups in total. The fraction of sp³-hybridized carbons (Fsp3) is 0.182. The number of benzene rings is 1. The monoisotopic (exact) mass is 199 g/mol. The molecular weight excluding hydrogens is 190 g/mol. The van der Waals surface area contributed by atoms with Gasteiger partial charge in [-0.05, 0) is 31.2 Å². The third-order valence-electron chi connectivity index (χ3n) is 1.89. The molecule has 0 aliphatic rings. The van der Waals surface area contributed by atoms with Gasteiger partial charge in [0.25, 0.3) is 0 Å². The van der Waals surface area contributed by atoms with Crippen molar-refractivity contribution in [1.29, 1.82) is 10.5 Å². The molecule has 0 unspecified atom stereocenters. The zero-order valence-corrected chi connectivity index (χ0v) is 8.19.